The molecule has 0 aliphatic heterocycles. The largest absolute Gasteiger partial charge is 0.0669 e. The minimum atomic E-state index is 1.30. The van der Waals surface area contributed by atoms with Gasteiger partial charge in [-0.15, -0.1) is 0 Å². The Morgan fingerprint density at radius 3 is 2.44 bits per heavy atom. The van der Waals surface area contributed by atoms with Crippen molar-refractivity contribution < 1.29 is 0 Å². The summed E-state index contributed by atoms with van der Waals surface area (Å²) in [5.74, 6) is 0. The van der Waals surface area contributed by atoms with E-state index < -0.39 is 0 Å². The first kappa shape index (κ1) is 6.85. The average molecular weight is 124 g/mol. The predicted molar refractivity (Wildman–Crippen MR) is 41.5 cm³/mol. The zero-order chi connectivity index (χ0) is 6.69. The molecule has 0 aromatic rings. The van der Waals surface area contributed by atoms with Gasteiger partial charge in [-0.1, -0.05) is 31.4 Å². The van der Waals surface area contributed by atoms with Crippen molar-refractivity contribution >= 4 is 0 Å². The van der Waals surface area contributed by atoms with Crippen molar-refractivity contribution in [2.24, 2.45) is 0 Å². The Balaban J connectivity index is 2.09. The summed E-state index contributed by atoms with van der Waals surface area (Å²) in [6.45, 7) is 4.52. The van der Waals surface area contributed by atoms with E-state index in [4.69, 9.17) is 0 Å². The van der Waals surface area contributed by atoms with Crippen LogP contribution in [0, 0.1) is 0 Å². The Hall–Kier alpha value is -0.260. The number of hydrogen-bond donors (Lipinski definition) is 0. The normalized spacial score (nSPS) is 16.7. The minimum Gasteiger partial charge on any atom is -0.0669 e. The highest BCUT2D eigenvalue weighted by atomic mass is 14.2. The maximum Gasteiger partial charge on any atom is -0.0103 e. The van der Waals surface area contributed by atoms with Crippen molar-refractivity contribution in [3.63, 3.8) is 0 Å². The number of rotatable bonds is 4. The highest BCUT2D eigenvalue weighted by molar-refractivity contribution is 5.34. The van der Waals surface area contributed by atoms with Crippen LogP contribution in [-0.4, -0.2) is 0 Å². The molecule has 0 heteroatoms. The lowest BCUT2D eigenvalue weighted by Gasteiger charge is -1.86. The molecule has 1 aliphatic carbocycles. The van der Waals surface area contributed by atoms with Crippen molar-refractivity contribution in [3.8, 4) is 0 Å². The SMILES string of the molecule is CCCCC1=C(CC)C1. The fraction of sp³-hybridized carbons (Fsp3) is 0.778. The monoisotopic (exact) mass is 124 g/mol. The summed E-state index contributed by atoms with van der Waals surface area (Å²) in [6, 6.07) is 0. The van der Waals surface area contributed by atoms with Gasteiger partial charge in [0.05, 0.1) is 0 Å². The van der Waals surface area contributed by atoms with Crippen LogP contribution in [0.25, 0.3) is 0 Å². The van der Waals surface area contributed by atoms with E-state index in [1.54, 1.807) is 11.1 Å². The van der Waals surface area contributed by atoms with Crippen LogP contribution < -0.4 is 0 Å². The third-order valence-corrected chi connectivity index (χ3v) is 2.06. The molecule has 0 nitrogen and oxygen atoms in total. The van der Waals surface area contributed by atoms with Crippen molar-refractivity contribution in [3.05, 3.63) is 11.1 Å². The van der Waals surface area contributed by atoms with Crippen LogP contribution in [0.1, 0.15) is 46.0 Å². The third kappa shape index (κ3) is 1.85. The summed E-state index contributed by atoms with van der Waals surface area (Å²) >= 11 is 0. The Kier molecular flexibility index (Phi) is 2.32. The highest BCUT2D eigenvalue weighted by Crippen LogP contribution is 2.36. The van der Waals surface area contributed by atoms with Crippen molar-refractivity contribution in [2.45, 2.75) is 46.0 Å². The second-order valence-electron chi connectivity index (χ2n) is 2.84. The lowest BCUT2D eigenvalue weighted by molar-refractivity contribution is 0.799. The van der Waals surface area contributed by atoms with Gasteiger partial charge in [0.1, 0.15) is 0 Å². The molecule has 0 atom stereocenters. The fourth-order valence-corrected chi connectivity index (χ4v) is 1.24. The van der Waals surface area contributed by atoms with E-state index in [0.29, 0.717) is 0 Å². The maximum absolute atomic E-state index is 2.26. The zero-order valence-corrected chi connectivity index (χ0v) is 6.54. The van der Waals surface area contributed by atoms with E-state index >= 15 is 0 Å². The topological polar surface area (TPSA) is 0 Å². The molecule has 0 saturated carbocycles. The Bertz CT molecular complexity index is 120. The fourth-order valence-electron chi connectivity index (χ4n) is 1.24. The Morgan fingerprint density at radius 2 is 2.00 bits per heavy atom. The summed E-state index contributed by atoms with van der Waals surface area (Å²) in [5.41, 5.74) is 3.50. The van der Waals surface area contributed by atoms with Gasteiger partial charge in [-0.25, -0.2) is 0 Å². The second-order valence-corrected chi connectivity index (χ2v) is 2.84. The first-order chi connectivity index (χ1) is 4.38. The average Bonchev–Trinajstić information content (AvgIpc) is 2.62. The third-order valence-electron chi connectivity index (χ3n) is 2.06. The van der Waals surface area contributed by atoms with E-state index in [-0.39, 0.29) is 0 Å². The maximum atomic E-state index is 2.26. The van der Waals surface area contributed by atoms with Crippen molar-refractivity contribution in [1.29, 1.82) is 0 Å². The van der Waals surface area contributed by atoms with Gasteiger partial charge in [0, 0.05) is 0 Å². The molecule has 0 bridgehead atoms. The summed E-state index contributed by atoms with van der Waals surface area (Å²) in [7, 11) is 0. The Labute approximate surface area is 58.0 Å². The predicted octanol–water partition coefficient (Wildman–Crippen LogP) is 3.29. The van der Waals surface area contributed by atoms with Gasteiger partial charge in [-0.2, -0.15) is 0 Å². The van der Waals surface area contributed by atoms with Crippen LogP contribution in [-0.2, 0) is 0 Å². The molecule has 0 radical (unpaired) electrons. The molecular formula is C9H16. The molecule has 0 spiro atoms. The molecular weight excluding hydrogens is 108 g/mol. The molecule has 0 amide bonds. The quantitative estimate of drug-likeness (QED) is 0.504. The van der Waals surface area contributed by atoms with Gasteiger partial charge in [0.25, 0.3) is 0 Å². The van der Waals surface area contributed by atoms with Crippen LogP contribution in [0.15, 0.2) is 11.1 Å². The summed E-state index contributed by atoms with van der Waals surface area (Å²) < 4.78 is 0. The molecule has 0 N–H and O–H groups in total. The van der Waals surface area contributed by atoms with Gasteiger partial charge in [0.15, 0.2) is 0 Å². The zero-order valence-electron chi connectivity index (χ0n) is 6.54. The first-order valence-corrected chi connectivity index (χ1v) is 4.08. The molecule has 0 fully saturated rings. The Morgan fingerprint density at radius 1 is 1.22 bits per heavy atom. The molecule has 0 unspecified atom stereocenters. The van der Waals surface area contributed by atoms with Gasteiger partial charge >= 0.3 is 0 Å². The van der Waals surface area contributed by atoms with Gasteiger partial charge < -0.3 is 0 Å². The van der Waals surface area contributed by atoms with Crippen LogP contribution in [0.3, 0.4) is 0 Å². The van der Waals surface area contributed by atoms with E-state index in [1.165, 1.54) is 32.1 Å². The molecule has 0 saturated heterocycles. The van der Waals surface area contributed by atoms with Crippen LogP contribution >= 0.6 is 0 Å². The second kappa shape index (κ2) is 3.05. The first-order valence-electron chi connectivity index (χ1n) is 4.08. The number of allylic oxidation sites excluding steroid dienone is 2. The molecule has 0 aromatic heterocycles. The van der Waals surface area contributed by atoms with Gasteiger partial charge in [0.2, 0.25) is 0 Å². The molecule has 0 heterocycles. The van der Waals surface area contributed by atoms with E-state index in [2.05, 4.69) is 13.8 Å². The smallest absolute Gasteiger partial charge is 0.0103 e. The summed E-state index contributed by atoms with van der Waals surface area (Å²) in [4.78, 5) is 0. The van der Waals surface area contributed by atoms with Crippen LogP contribution in [0.2, 0.25) is 0 Å². The van der Waals surface area contributed by atoms with Gasteiger partial charge in [-0.05, 0) is 25.7 Å². The molecule has 0 aromatic carbocycles. The van der Waals surface area contributed by atoms with E-state index in [9.17, 15) is 0 Å². The molecule has 1 rings (SSSR count). The van der Waals surface area contributed by atoms with Crippen LogP contribution in [0.5, 0.6) is 0 Å². The standard InChI is InChI=1S/C9H16/c1-3-5-6-9-7-8(9)4-2/h3-7H2,1-2H3. The van der Waals surface area contributed by atoms with Crippen molar-refractivity contribution in [1.82, 2.24) is 0 Å². The summed E-state index contributed by atoms with van der Waals surface area (Å²) in [6.07, 6.45) is 6.81. The molecule has 9 heavy (non-hydrogen) atoms. The van der Waals surface area contributed by atoms with E-state index in [1.807, 2.05) is 0 Å². The number of hydrogen-bond acceptors (Lipinski definition) is 0. The van der Waals surface area contributed by atoms with E-state index in [0.717, 1.165) is 0 Å². The van der Waals surface area contributed by atoms with Gasteiger partial charge in [-0.3, -0.25) is 0 Å². The lowest BCUT2D eigenvalue weighted by Crippen LogP contribution is -1.66. The van der Waals surface area contributed by atoms with Crippen LogP contribution in [0.4, 0.5) is 0 Å². The van der Waals surface area contributed by atoms with Crippen molar-refractivity contribution in [2.75, 3.05) is 0 Å². The number of unbranched alkanes of at least 4 members (excludes halogenated alkanes) is 1. The molecule has 1 aliphatic rings. The molecule has 52 valence electrons. The summed E-state index contributed by atoms with van der Waals surface area (Å²) in [5, 5.41) is 0. The lowest BCUT2D eigenvalue weighted by atomic mass is 10.2. The highest BCUT2D eigenvalue weighted by Gasteiger charge is 2.17. The minimum absolute atomic E-state index is 1.30.